The summed E-state index contributed by atoms with van der Waals surface area (Å²) in [5.74, 6) is 1.37. The second-order valence-electron chi connectivity index (χ2n) is 6.17. The van der Waals surface area contributed by atoms with Crippen LogP contribution in [0.2, 0.25) is 0 Å². The number of hydrogen-bond acceptors (Lipinski definition) is 5. The molecular formula is C22H30N2O4. The predicted octanol–water partition coefficient (Wildman–Crippen LogP) is 4.33. The van der Waals surface area contributed by atoms with Crippen LogP contribution in [0.25, 0.3) is 0 Å². The summed E-state index contributed by atoms with van der Waals surface area (Å²) in [6.45, 7) is 6.63. The number of rotatable bonds is 13. The van der Waals surface area contributed by atoms with E-state index in [9.17, 15) is 4.79 Å². The highest BCUT2D eigenvalue weighted by molar-refractivity contribution is 5.94. The van der Waals surface area contributed by atoms with Crippen molar-refractivity contribution in [3.8, 4) is 11.5 Å². The number of carbonyl (C=O) groups excluding carboxylic acids is 1. The number of benzene rings is 2. The van der Waals surface area contributed by atoms with E-state index in [1.54, 1.807) is 0 Å². The molecular weight excluding hydrogens is 356 g/mol. The van der Waals surface area contributed by atoms with Crippen molar-refractivity contribution in [2.75, 3.05) is 43.6 Å². The quantitative estimate of drug-likeness (QED) is 0.502. The summed E-state index contributed by atoms with van der Waals surface area (Å²) in [5.41, 5.74) is 1.53. The summed E-state index contributed by atoms with van der Waals surface area (Å²) < 4.78 is 16.6. The van der Waals surface area contributed by atoms with E-state index in [2.05, 4.69) is 17.6 Å². The number of unbranched alkanes of at least 4 members (excludes halogenated alkanes) is 1. The van der Waals surface area contributed by atoms with E-state index >= 15 is 0 Å². The molecule has 0 unspecified atom stereocenters. The lowest BCUT2D eigenvalue weighted by Crippen LogP contribution is -2.22. The van der Waals surface area contributed by atoms with Gasteiger partial charge < -0.3 is 24.8 Å². The molecule has 0 saturated carbocycles. The average molecular weight is 386 g/mol. The van der Waals surface area contributed by atoms with Crippen molar-refractivity contribution in [1.82, 2.24) is 0 Å². The molecule has 152 valence electrons. The molecule has 6 nitrogen and oxygen atoms in total. The minimum atomic E-state index is -0.131. The van der Waals surface area contributed by atoms with Gasteiger partial charge in [0.05, 0.1) is 25.4 Å². The minimum Gasteiger partial charge on any atom is -0.491 e. The first-order valence-corrected chi connectivity index (χ1v) is 9.79. The van der Waals surface area contributed by atoms with Crippen LogP contribution in [0.4, 0.5) is 11.4 Å². The summed E-state index contributed by atoms with van der Waals surface area (Å²) in [6.07, 6.45) is 2.08. The molecule has 2 rings (SSSR count). The monoisotopic (exact) mass is 386 g/mol. The molecule has 0 aromatic heterocycles. The third-order valence-electron chi connectivity index (χ3n) is 3.92. The highest BCUT2D eigenvalue weighted by Gasteiger charge is 2.06. The zero-order valence-corrected chi connectivity index (χ0v) is 16.7. The van der Waals surface area contributed by atoms with Gasteiger partial charge in [-0.1, -0.05) is 25.5 Å². The third-order valence-corrected chi connectivity index (χ3v) is 3.92. The van der Waals surface area contributed by atoms with Crippen molar-refractivity contribution in [3.63, 3.8) is 0 Å². The summed E-state index contributed by atoms with van der Waals surface area (Å²) in [6, 6.07) is 14.9. The van der Waals surface area contributed by atoms with E-state index in [4.69, 9.17) is 14.2 Å². The second-order valence-corrected chi connectivity index (χ2v) is 6.17. The number of hydrogen-bond donors (Lipinski definition) is 2. The van der Waals surface area contributed by atoms with E-state index in [1.165, 1.54) is 0 Å². The Kier molecular flexibility index (Phi) is 9.72. The van der Waals surface area contributed by atoms with Gasteiger partial charge in [0.1, 0.15) is 18.1 Å². The molecule has 0 bridgehead atoms. The van der Waals surface area contributed by atoms with Gasteiger partial charge in [-0.25, -0.2) is 0 Å². The summed E-state index contributed by atoms with van der Waals surface area (Å²) in [7, 11) is 0. The van der Waals surface area contributed by atoms with Crippen LogP contribution < -0.4 is 20.1 Å². The van der Waals surface area contributed by atoms with Crippen LogP contribution in [0, 0.1) is 0 Å². The molecule has 2 N–H and O–H groups in total. The van der Waals surface area contributed by atoms with Gasteiger partial charge >= 0.3 is 0 Å². The first-order valence-electron chi connectivity index (χ1n) is 9.79. The topological polar surface area (TPSA) is 68.8 Å². The van der Waals surface area contributed by atoms with Crippen molar-refractivity contribution in [2.45, 2.75) is 26.7 Å². The zero-order valence-electron chi connectivity index (χ0n) is 16.7. The van der Waals surface area contributed by atoms with Crippen LogP contribution in [0.15, 0.2) is 48.5 Å². The Bertz CT molecular complexity index is 704. The van der Waals surface area contributed by atoms with Crippen molar-refractivity contribution in [1.29, 1.82) is 0 Å². The number of ether oxygens (including phenoxy) is 3. The summed E-state index contributed by atoms with van der Waals surface area (Å²) in [5, 5.41) is 6.00. The zero-order chi connectivity index (χ0) is 20.0. The van der Waals surface area contributed by atoms with Crippen molar-refractivity contribution < 1.29 is 19.0 Å². The standard InChI is InChI=1S/C22H30N2O4/c1-3-5-14-28-21-9-7-6-8-20(21)23-17-22(25)24-18-10-12-19(13-11-18)27-16-15-26-4-2/h6-13,23H,3-5,14-17H2,1-2H3,(H,24,25). The fraction of sp³-hybridized carbons (Fsp3) is 0.409. The van der Waals surface area contributed by atoms with E-state index in [0.29, 0.717) is 26.4 Å². The molecule has 2 aromatic rings. The molecule has 28 heavy (non-hydrogen) atoms. The van der Waals surface area contributed by atoms with Crippen LogP contribution in [-0.2, 0) is 9.53 Å². The molecule has 0 aliphatic carbocycles. The number of nitrogens with one attached hydrogen (secondary N) is 2. The van der Waals surface area contributed by atoms with Crippen molar-refractivity contribution >= 4 is 17.3 Å². The molecule has 0 heterocycles. The number of anilines is 2. The Morgan fingerprint density at radius 3 is 2.46 bits per heavy atom. The molecule has 0 fully saturated rings. The van der Waals surface area contributed by atoms with Gasteiger partial charge in [-0.3, -0.25) is 4.79 Å². The molecule has 0 aliphatic rings. The number of para-hydroxylation sites is 2. The lowest BCUT2D eigenvalue weighted by Gasteiger charge is -2.13. The van der Waals surface area contributed by atoms with Crippen LogP contribution in [-0.4, -0.2) is 38.9 Å². The van der Waals surface area contributed by atoms with E-state index in [1.807, 2.05) is 55.5 Å². The predicted molar refractivity (Wildman–Crippen MR) is 112 cm³/mol. The van der Waals surface area contributed by atoms with Gasteiger partial charge in [0, 0.05) is 12.3 Å². The first kappa shape index (κ1) is 21.6. The molecule has 0 spiro atoms. The maximum atomic E-state index is 12.2. The SMILES string of the molecule is CCCCOc1ccccc1NCC(=O)Nc1ccc(OCCOCC)cc1. The van der Waals surface area contributed by atoms with E-state index in [0.717, 1.165) is 35.7 Å². The highest BCUT2D eigenvalue weighted by Crippen LogP contribution is 2.24. The van der Waals surface area contributed by atoms with Gasteiger partial charge in [0.2, 0.25) is 5.91 Å². The Morgan fingerprint density at radius 2 is 1.71 bits per heavy atom. The van der Waals surface area contributed by atoms with Crippen molar-refractivity contribution in [2.24, 2.45) is 0 Å². The van der Waals surface area contributed by atoms with Gasteiger partial charge in [0.25, 0.3) is 0 Å². The fourth-order valence-electron chi connectivity index (χ4n) is 2.44. The normalized spacial score (nSPS) is 10.4. The van der Waals surface area contributed by atoms with Gasteiger partial charge in [-0.05, 0) is 49.7 Å². The molecule has 6 heteroatoms. The molecule has 0 saturated heterocycles. The van der Waals surface area contributed by atoms with E-state index in [-0.39, 0.29) is 12.5 Å². The number of amides is 1. The number of carbonyl (C=O) groups is 1. The largest absolute Gasteiger partial charge is 0.491 e. The fourth-order valence-corrected chi connectivity index (χ4v) is 2.44. The third kappa shape index (κ3) is 7.88. The smallest absolute Gasteiger partial charge is 0.243 e. The Labute approximate surface area is 167 Å². The van der Waals surface area contributed by atoms with Crippen LogP contribution in [0.3, 0.4) is 0 Å². The molecule has 0 radical (unpaired) electrons. The molecule has 2 aromatic carbocycles. The molecule has 1 amide bonds. The van der Waals surface area contributed by atoms with Crippen LogP contribution in [0.5, 0.6) is 11.5 Å². The Balaban J connectivity index is 1.78. The molecule has 0 aliphatic heterocycles. The average Bonchev–Trinajstić information content (AvgIpc) is 2.72. The Hall–Kier alpha value is -2.73. The maximum Gasteiger partial charge on any atom is 0.243 e. The van der Waals surface area contributed by atoms with Gasteiger partial charge in [0.15, 0.2) is 0 Å². The van der Waals surface area contributed by atoms with Crippen molar-refractivity contribution in [3.05, 3.63) is 48.5 Å². The second kappa shape index (κ2) is 12.6. The summed E-state index contributed by atoms with van der Waals surface area (Å²) in [4.78, 5) is 12.2. The highest BCUT2D eigenvalue weighted by atomic mass is 16.5. The molecule has 0 atom stereocenters. The van der Waals surface area contributed by atoms with Crippen LogP contribution in [0.1, 0.15) is 26.7 Å². The van der Waals surface area contributed by atoms with Gasteiger partial charge in [-0.2, -0.15) is 0 Å². The lowest BCUT2D eigenvalue weighted by molar-refractivity contribution is -0.114. The minimum absolute atomic E-state index is 0.131. The Morgan fingerprint density at radius 1 is 0.929 bits per heavy atom. The first-order chi connectivity index (χ1) is 13.7. The van der Waals surface area contributed by atoms with E-state index < -0.39 is 0 Å². The lowest BCUT2D eigenvalue weighted by atomic mass is 10.2. The maximum absolute atomic E-state index is 12.2. The van der Waals surface area contributed by atoms with Gasteiger partial charge in [-0.15, -0.1) is 0 Å². The van der Waals surface area contributed by atoms with Crippen LogP contribution >= 0.6 is 0 Å². The summed E-state index contributed by atoms with van der Waals surface area (Å²) >= 11 is 0.